The van der Waals surface area contributed by atoms with Gasteiger partial charge in [-0.1, -0.05) is 13.8 Å². The van der Waals surface area contributed by atoms with Gasteiger partial charge in [-0.15, -0.1) is 24.0 Å². The van der Waals surface area contributed by atoms with E-state index in [0.717, 1.165) is 58.4 Å². The molecule has 0 aromatic heterocycles. The van der Waals surface area contributed by atoms with Gasteiger partial charge < -0.3 is 15.0 Å². The number of rotatable bonds is 6. The van der Waals surface area contributed by atoms with Crippen LogP contribution in [0.1, 0.15) is 40.5 Å². The molecule has 1 spiro atoms. The van der Waals surface area contributed by atoms with Crippen molar-refractivity contribution < 1.29 is 4.74 Å². The van der Waals surface area contributed by atoms with Crippen LogP contribution in [0.5, 0.6) is 0 Å². The Morgan fingerprint density at radius 3 is 2.61 bits per heavy atom. The molecule has 5 nitrogen and oxygen atoms in total. The van der Waals surface area contributed by atoms with Gasteiger partial charge in [-0.05, 0) is 39.8 Å². The molecule has 2 aliphatic rings. The molecular formula is C17H35IN4O. The fourth-order valence-electron chi connectivity index (χ4n) is 3.69. The van der Waals surface area contributed by atoms with E-state index in [1.807, 2.05) is 0 Å². The highest BCUT2D eigenvalue weighted by Crippen LogP contribution is 2.38. The van der Waals surface area contributed by atoms with Crippen molar-refractivity contribution in [3.8, 4) is 0 Å². The van der Waals surface area contributed by atoms with Gasteiger partial charge in [-0.3, -0.25) is 9.89 Å². The van der Waals surface area contributed by atoms with Crippen LogP contribution in [0.25, 0.3) is 0 Å². The van der Waals surface area contributed by atoms with E-state index in [1.165, 1.54) is 12.8 Å². The van der Waals surface area contributed by atoms with Gasteiger partial charge >= 0.3 is 0 Å². The van der Waals surface area contributed by atoms with Crippen LogP contribution in [0.3, 0.4) is 0 Å². The minimum Gasteiger partial charge on any atom is -0.381 e. The van der Waals surface area contributed by atoms with E-state index < -0.39 is 0 Å². The summed E-state index contributed by atoms with van der Waals surface area (Å²) in [5.41, 5.74) is 0.390. The summed E-state index contributed by atoms with van der Waals surface area (Å²) in [7, 11) is 0. The van der Waals surface area contributed by atoms with Gasteiger partial charge in [-0.25, -0.2) is 0 Å². The van der Waals surface area contributed by atoms with E-state index in [-0.39, 0.29) is 24.0 Å². The maximum absolute atomic E-state index is 5.64. The van der Waals surface area contributed by atoms with Crippen LogP contribution in [-0.2, 0) is 4.74 Å². The number of ether oxygens (including phenoxy) is 1. The topological polar surface area (TPSA) is 40.1 Å². The highest BCUT2D eigenvalue weighted by Gasteiger charge is 2.42. The largest absolute Gasteiger partial charge is 0.381 e. The van der Waals surface area contributed by atoms with Crippen molar-refractivity contribution in [2.24, 2.45) is 10.4 Å². The number of hydrogen-bond donors (Lipinski definition) is 1. The summed E-state index contributed by atoms with van der Waals surface area (Å²) >= 11 is 0. The molecule has 2 aliphatic heterocycles. The molecule has 0 bridgehead atoms. The van der Waals surface area contributed by atoms with E-state index in [0.29, 0.717) is 11.5 Å². The number of nitrogens with one attached hydrogen (secondary N) is 1. The Bertz CT molecular complexity index is 368. The summed E-state index contributed by atoms with van der Waals surface area (Å²) in [5.74, 6) is 1.09. The van der Waals surface area contributed by atoms with Crippen molar-refractivity contribution in [3.63, 3.8) is 0 Å². The number of guanidine groups is 1. The Morgan fingerprint density at radius 2 is 2.04 bits per heavy atom. The highest BCUT2D eigenvalue weighted by atomic mass is 127. The SMILES string of the molecule is CCNC(=NCC(C)N(CC)CC)N1CCC2(CCOC2)C1.I. The quantitative estimate of drug-likeness (QED) is 0.393. The number of halogens is 1. The lowest BCUT2D eigenvalue weighted by Gasteiger charge is -2.27. The molecule has 0 aromatic rings. The van der Waals surface area contributed by atoms with Crippen LogP contribution in [0.15, 0.2) is 4.99 Å². The molecule has 0 saturated carbocycles. The van der Waals surface area contributed by atoms with Crippen molar-refractivity contribution in [2.75, 3.05) is 52.5 Å². The normalized spacial score (nSPS) is 26.0. The molecule has 0 amide bonds. The molecule has 0 aromatic carbocycles. The predicted molar refractivity (Wildman–Crippen MR) is 108 cm³/mol. The van der Waals surface area contributed by atoms with Crippen LogP contribution in [0.4, 0.5) is 0 Å². The maximum atomic E-state index is 5.64. The van der Waals surface area contributed by atoms with E-state index in [2.05, 4.69) is 42.8 Å². The number of likely N-dealkylation sites (N-methyl/N-ethyl adjacent to an activating group) is 1. The zero-order valence-electron chi connectivity index (χ0n) is 15.3. The molecule has 0 aliphatic carbocycles. The predicted octanol–water partition coefficient (Wildman–Crippen LogP) is 2.41. The van der Waals surface area contributed by atoms with Gasteiger partial charge in [0.1, 0.15) is 0 Å². The lowest BCUT2D eigenvalue weighted by atomic mass is 9.87. The number of likely N-dealkylation sites (tertiary alicyclic amines) is 1. The first kappa shape index (κ1) is 21.0. The molecule has 2 unspecified atom stereocenters. The van der Waals surface area contributed by atoms with Gasteiger partial charge in [0.2, 0.25) is 0 Å². The molecule has 2 rings (SSSR count). The molecule has 0 radical (unpaired) electrons. The van der Waals surface area contributed by atoms with Gasteiger partial charge in [0.25, 0.3) is 0 Å². The van der Waals surface area contributed by atoms with Crippen LogP contribution in [-0.4, -0.2) is 74.3 Å². The average molecular weight is 438 g/mol. The molecule has 2 saturated heterocycles. The number of aliphatic imine (C=N–C) groups is 1. The Hall–Kier alpha value is -0.0800. The molecule has 2 fully saturated rings. The first-order valence-corrected chi connectivity index (χ1v) is 8.99. The maximum Gasteiger partial charge on any atom is 0.193 e. The zero-order chi connectivity index (χ0) is 16.0. The fourth-order valence-corrected chi connectivity index (χ4v) is 3.69. The number of hydrogen-bond acceptors (Lipinski definition) is 3. The van der Waals surface area contributed by atoms with Crippen molar-refractivity contribution in [3.05, 3.63) is 0 Å². The Morgan fingerprint density at radius 1 is 1.30 bits per heavy atom. The molecule has 2 atom stereocenters. The lowest BCUT2D eigenvalue weighted by Crippen LogP contribution is -2.43. The molecular weight excluding hydrogens is 403 g/mol. The lowest BCUT2D eigenvalue weighted by molar-refractivity contribution is 0.156. The summed E-state index contributed by atoms with van der Waals surface area (Å²) in [5, 5.41) is 3.48. The molecule has 2 heterocycles. The van der Waals surface area contributed by atoms with Gasteiger partial charge in [0, 0.05) is 37.7 Å². The van der Waals surface area contributed by atoms with E-state index in [1.54, 1.807) is 0 Å². The first-order valence-electron chi connectivity index (χ1n) is 8.99. The molecule has 23 heavy (non-hydrogen) atoms. The molecule has 6 heteroatoms. The average Bonchev–Trinajstić information content (AvgIpc) is 3.15. The minimum absolute atomic E-state index is 0. The molecule has 1 N–H and O–H groups in total. The summed E-state index contributed by atoms with van der Waals surface area (Å²) in [4.78, 5) is 9.82. The third-order valence-electron chi connectivity index (χ3n) is 5.20. The smallest absolute Gasteiger partial charge is 0.193 e. The van der Waals surface area contributed by atoms with Gasteiger partial charge in [0.15, 0.2) is 5.96 Å². The van der Waals surface area contributed by atoms with Crippen molar-refractivity contribution >= 4 is 29.9 Å². The second-order valence-electron chi connectivity index (χ2n) is 6.74. The third-order valence-corrected chi connectivity index (χ3v) is 5.20. The van der Waals surface area contributed by atoms with Gasteiger partial charge in [0.05, 0.1) is 13.2 Å². The Kier molecular flexibility index (Phi) is 9.15. The van der Waals surface area contributed by atoms with Crippen LogP contribution in [0, 0.1) is 5.41 Å². The van der Waals surface area contributed by atoms with Crippen molar-refractivity contribution in [1.29, 1.82) is 0 Å². The monoisotopic (exact) mass is 438 g/mol. The fraction of sp³-hybridized carbons (Fsp3) is 0.941. The third kappa shape index (κ3) is 5.46. The van der Waals surface area contributed by atoms with Gasteiger partial charge in [-0.2, -0.15) is 0 Å². The molecule has 136 valence electrons. The second-order valence-corrected chi connectivity index (χ2v) is 6.74. The zero-order valence-corrected chi connectivity index (χ0v) is 17.6. The van der Waals surface area contributed by atoms with Crippen molar-refractivity contribution in [1.82, 2.24) is 15.1 Å². The van der Waals surface area contributed by atoms with Crippen LogP contribution in [0.2, 0.25) is 0 Å². The van der Waals surface area contributed by atoms with E-state index >= 15 is 0 Å². The summed E-state index contributed by atoms with van der Waals surface area (Å²) in [6, 6.07) is 0.495. The minimum atomic E-state index is 0. The van der Waals surface area contributed by atoms with E-state index in [4.69, 9.17) is 9.73 Å². The summed E-state index contributed by atoms with van der Waals surface area (Å²) in [6.07, 6.45) is 2.45. The standard InChI is InChI=1S/C17H34N4O.HI/c1-5-18-16(19-12-15(4)20(6-2)7-3)21-10-8-17(13-21)9-11-22-14-17;/h15H,5-14H2,1-4H3,(H,18,19);1H. The summed E-state index contributed by atoms with van der Waals surface area (Å²) < 4.78 is 5.64. The highest BCUT2D eigenvalue weighted by molar-refractivity contribution is 14.0. The Labute approximate surface area is 159 Å². The second kappa shape index (κ2) is 10.0. The number of nitrogens with zero attached hydrogens (tertiary/aromatic N) is 3. The first-order chi connectivity index (χ1) is 10.6. The van der Waals surface area contributed by atoms with Crippen LogP contribution < -0.4 is 5.32 Å². The van der Waals surface area contributed by atoms with Crippen molar-refractivity contribution in [2.45, 2.75) is 46.6 Å². The Balaban J connectivity index is 0.00000264. The summed E-state index contributed by atoms with van der Waals surface area (Å²) in [6.45, 7) is 16.9. The van der Waals surface area contributed by atoms with E-state index in [9.17, 15) is 0 Å². The van der Waals surface area contributed by atoms with Crippen LogP contribution >= 0.6 is 24.0 Å².